The van der Waals surface area contributed by atoms with Gasteiger partial charge in [0.05, 0.1) is 24.3 Å². The maximum atomic E-state index is 12.8. The molecule has 2 saturated heterocycles. The van der Waals surface area contributed by atoms with Crippen molar-refractivity contribution in [3.63, 3.8) is 0 Å². The van der Waals surface area contributed by atoms with Gasteiger partial charge in [-0.2, -0.15) is 0 Å². The molecule has 3 aliphatic rings. The summed E-state index contributed by atoms with van der Waals surface area (Å²) in [6, 6.07) is 10.6. The first-order chi connectivity index (χ1) is 15.6. The van der Waals surface area contributed by atoms with E-state index in [-0.39, 0.29) is 12.5 Å². The normalized spacial score (nSPS) is 18.9. The van der Waals surface area contributed by atoms with E-state index in [2.05, 4.69) is 20.0 Å². The third-order valence-corrected chi connectivity index (χ3v) is 6.10. The van der Waals surface area contributed by atoms with Gasteiger partial charge in [-0.3, -0.25) is 19.3 Å². The molecule has 5 rings (SSSR count). The molecule has 3 aliphatic heterocycles. The van der Waals surface area contributed by atoms with Crippen LogP contribution in [0.25, 0.3) is 0 Å². The Balaban J connectivity index is 1.16. The summed E-state index contributed by atoms with van der Waals surface area (Å²) in [5, 5.41) is 8.72. The number of morpholine rings is 1. The lowest BCUT2D eigenvalue weighted by atomic mass is 10.1. The quantitative estimate of drug-likeness (QED) is 0.630. The van der Waals surface area contributed by atoms with Crippen LogP contribution < -0.4 is 9.80 Å². The van der Waals surface area contributed by atoms with Crippen molar-refractivity contribution in [2.75, 3.05) is 68.8 Å². The van der Waals surface area contributed by atoms with E-state index in [9.17, 15) is 14.4 Å². The summed E-state index contributed by atoms with van der Waals surface area (Å²) in [5.41, 5.74) is 0.712. The molecule has 166 valence electrons. The highest BCUT2D eigenvalue weighted by molar-refractivity contribution is 6.22. The number of ether oxygens (including phenoxy) is 1. The van der Waals surface area contributed by atoms with Crippen molar-refractivity contribution in [3.8, 4) is 0 Å². The van der Waals surface area contributed by atoms with Gasteiger partial charge in [-0.1, -0.05) is 12.1 Å². The fourth-order valence-corrected chi connectivity index (χ4v) is 4.25. The minimum atomic E-state index is -0.409. The van der Waals surface area contributed by atoms with Crippen LogP contribution in [0.2, 0.25) is 0 Å². The van der Waals surface area contributed by atoms with Crippen molar-refractivity contribution >= 4 is 29.4 Å². The number of nitrogens with zero attached hydrogens (tertiary/aromatic N) is 6. The minimum absolute atomic E-state index is 0.229. The molecule has 0 spiro atoms. The molecule has 0 saturated carbocycles. The van der Waals surface area contributed by atoms with Crippen LogP contribution >= 0.6 is 0 Å². The second kappa shape index (κ2) is 8.54. The van der Waals surface area contributed by atoms with Crippen LogP contribution in [0.4, 0.5) is 11.6 Å². The standard InChI is InChI=1S/C22H24N6O4/c29-20(15-28-21(30)16-3-1-2-4-17(16)22(28)31)27-9-7-25(8-10-27)18-5-6-19(24-23-18)26-11-13-32-14-12-26/h1-6H,7-15H2. The van der Waals surface area contributed by atoms with E-state index in [1.54, 1.807) is 29.2 Å². The molecule has 10 heteroatoms. The average molecular weight is 436 g/mol. The Hall–Kier alpha value is -3.53. The lowest BCUT2D eigenvalue weighted by molar-refractivity contribution is -0.131. The van der Waals surface area contributed by atoms with E-state index in [0.717, 1.165) is 29.6 Å². The van der Waals surface area contributed by atoms with Gasteiger partial charge in [-0.25, -0.2) is 0 Å². The lowest BCUT2D eigenvalue weighted by Crippen LogP contribution is -2.52. The molecule has 0 radical (unpaired) electrons. The third kappa shape index (κ3) is 3.77. The van der Waals surface area contributed by atoms with Gasteiger partial charge in [0.25, 0.3) is 11.8 Å². The summed E-state index contributed by atoms with van der Waals surface area (Å²) in [7, 11) is 0. The van der Waals surface area contributed by atoms with Crippen LogP contribution in [0.5, 0.6) is 0 Å². The highest BCUT2D eigenvalue weighted by Crippen LogP contribution is 2.23. The van der Waals surface area contributed by atoms with Gasteiger partial charge in [0.1, 0.15) is 6.54 Å². The zero-order valence-corrected chi connectivity index (χ0v) is 17.6. The monoisotopic (exact) mass is 436 g/mol. The summed E-state index contributed by atoms with van der Waals surface area (Å²) in [5.74, 6) is 0.565. The summed E-state index contributed by atoms with van der Waals surface area (Å²) in [4.78, 5) is 44.7. The molecule has 3 amide bonds. The van der Waals surface area contributed by atoms with Crippen LogP contribution in [0.15, 0.2) is 36.4 Å². The van der Waals surface area contributed by atoms with E-state index in [4.69, 9.17) is 4.74 Å². The second-order valence-corrected chi connectivity index (χ2v) is 7.96. The molecule has 4 heterocycles. The Labute approximate surface area is 185 Å². The number of benzene rings is 1. The second-order valence-electron chi connectivity index (χ2n) is 7.96. The van der Waals surface area contributed by atoms with E-state index in [0.29, 0.717) is 50.5 Å². The maximum Gasteiger partial charge on any atom is 0.262 e. The van der Waals surface area contributed by atoms with Crippen LogP contribution in [-0.4, -0.2) is 96.7 Å². The number of rotatable bonds is 4. The smallest absolute Gasteiger partial charge is 0.262 e. The molecule has 2 aromatic rings. The minimum Gasteiger partial charge on any atom is -0.378 e. The van der Waals surface area contributed by atoms with Crippen molar-refractivity contribution in [2.45, 2.75) is 0 Å². The summed E-state index contributed by atoms with van der Waals surface area (Å²) < 4.78 is 5.37. The van der Waals surface area contributed by atoms with Gasteiger partial charge in [-0.15, -0.1) is 10.2 Å². The molecular formula is C22H24N6O4. The largest absolute Gasteiger partial charge is 0.378 e. The number of amides is 3. The van der Waals surface area contributed by atoms with E-state index >= 15 is 0 Å². The average Bonchev–Trinajstić information content (AvgIpc) is 3.10. The van der Waals surface area contributed by atoms with E-state index in [1.807, 2.05) is 12.1 Å². The number of aromatic nitrogens is 2. The Bertz CT molecular complexity index is 994. The van der Waals surface area contributed by atoms with Crippen molar-refractivity contribution < 1.29 is 19.1 Å². The Morgan fingerprint density at radius 3 is 1.84 bits per heavy atom. The molecule has 2 fully saturated rings. The van der Waals surface area contributed by atoms with Crippen molar-refractivity contribution in [1.29, 1.82) is 0 Å². The number of imide groups is 1. The number of anilines is 2. The van der Waals surface area contributed by atoms with E-state index < -0.39 is 11.8 Å². The highest BCUT2D eigenvalue weighted by Gasteiger charge is 2.37. The van der Waals surface area contributed by atoms with Crippen LogP contribution in [0, 0.1) is 0 Å². The van der Waals surface area contributed by atoms with Crippen LogP contribution in [-0.2, 0) is 9.53 Å². The number of carbonyl (C=O) groups is 3. The van der Waals surface area contributed by atoms with Gasteiger partial charge < -0.3 is 19.4 Å². The number of piperazine rings is 1. The Morgan fingerprint density at radius 1 is 0.781 bits per heavy atom. The summed E-state index contributed by atoms with van der Waals surface area (Å²) >= 11 is 0. The van der Waals surface area contributed by atoms with Crippen molar-refractivity contribution in [1.82, 2.24) is 20.0 Å². The molecule has 32 heavy (non-hydrogen) atoms. The fourth-order valence-electron chi connectivity index (χ4n) is 4.25. The Morgan fingerprint density at radius 2 is 1.31 bits per heavy atom. The first-order valence-corrected chi connectivity index (χ1v) is 10.8. The predicted molar refractivity (Wildman–Crippen MR) is 116 cm³/mol. The number of hydrogen-bond acceptors (Lipinski definition) is 8. The van der Waals surface area contributed by atoms with Crippen LogP contribution in [0.1, 0.15) is 20.7 Å². The summed E-state index contributed by atoms with van der Waals surface area (Å²) in [6.07, 6.45) is 0. The predicted octanol–water partition coefficient (Wildman–Crippen LogP) is 0.258. The van der Waals surface area contributed by atoms with Crippen LogP contribution in [0.3, 0.4) is 0 Å². The highest BCUT2D eigenvalue weighted by atomic mass is 16.5. The maximum absolute atomic E-state index is 12.8. The van der Waals surface area contributed by atoms with Crippen molar-refractivity contribution in [3.05, 3.63) is 47.5 Å². The molecule has 0 bridgehead atoms. The molecular weight excluding hydrogens is 412 g/mol. The first kappa shape index (κ1) is 20.4. The topological polar surface area (TPSA) is 99.2 Å². The summed E-state index contributed by atoms with van der Waals surface area (Å²) in [6.45, 7) is 4.98. The third-order valence-electron chi connectivity index (χ3n) is 6.10. The number of fused-ring (bicyclic) bond motifs is 1. The van der Waals surface area contributed by atoms with Crippen molar-refractivity contribution in [2.24, 2.45) is 0 Å². The lowest BCUT2D eigenvalue weighted by Gasteiger charge is -2.36. The molecule has 10 nitrogen and oxygen atoms in total. The molecule has 1 aromatic heterocycles. The fraction of sp³-hybridized carbons (Fsp3) is 0.409. The molecule has 0 aliphatic carbocycles. The Kier molecular flexibility index (Phi) is 5.44. The zero-order valence-electron chi connectivity index (χ0n) is 17.6. The number of hydrogen-bond donors (Lipinski definition) is 0. The molecule has 0 atom stereocenters. The molecule has 0 N–H and O–H groups in total. The van der Waals surface area contributed by atoms with Gasteiger partial charge >= 0.3 is 0 Å². The molecule has 0 unspecified atom stereocenters. The first-order valence-electron chi connectivity index (χ1n) is 10.8. The SMILES string of the molecule is O=C(CN1C(=O)c2ccccc2C1=O)N1CCN(c2ccc(N3CCOCC3)nn2)CC1. The van der Waals surface area contributed by atoms with Gasteiger partial charge in [-0.05, 0) is 24.3 Å². The van der Waals surface area contributed by atoms with Gasteiger partial charge in [0.15, 0.2) is 11.6 Å². The van der Waals surface area contributed by atoms with Gasteiger partial charge in [0, 0.05) is 39.3 Å². The van der Waals surface area contributed by atoms with Gasteiger partial charge in [0.2, 0.25) is 5.91 Å². The zero-order chi connectivity index (χ0) is 22.1. The van der Waals surface area contributed by atoms with E-state index in [1.165, 1.54) is 0 Å². The molecule has 1 aromatic carbocycles. The number of carbonyl (C=O) groups excluding carboxylic acids is 3.